The lowest BCUT2D eigenvalue weighted by atomic mass is 9.87. The zero-order chi connectivity index (χ0) is 20.8. The second-order valence-electron chi connectivity index (χ2n) is 8.44. The number of carboxylic acids is 1. The van der Waals surface area contributed by atoms with Crippen molar-refractivity contribution in [1.29, 1.82) is 0 Å². The summed E-state index contributed by atoms with van der Waals surface area (Å²) in [6.45, 7) is 0. The Morgan fingerprint density at radius 1 is 1.13 bits per heavy atom. The molecule has 6 nitrogen and oxygen atoms in total. The van der Waals surface area contributed by atoms with Crippen LogP contribution in [0, 0.1) is 0 Å². The Hall–Kier alpha value is -2.35. The van der Waals surface area contributed by atoms with Crippen LogP contribution in [0.3, 0.4) is 0 Å². The summed E-state index contributed by atoms with van der Waals surface area (Å²) >= 11 is 1.44. The van der Waals surface area contributed by atoms with Crippen LogP contribution in [0.2, 0.25) is 0 Å². The first-order valence-electron chi connectivity index (χ1n) is 10.6. The van der Waals surface area contributed by atoms with Crippen molar-refractivity contribution in [2.24, 2.45) is 0 Å². The third-order valence-electron chi connectivity index (χ3n) is 6.26. The fourth-order valence-electron chi connectivity index (χ4n) is 4.52. The minimum atomic E-state index is -1.00. The molecule has 1 N–H and O–H groups in total. The molecule has 0 aliphatic heterocycles. The number of Topliss-reactive ketones (excluding diaryl/α,β-unsaturated/α-hetero) is 1. The van der Waals surface area contributed by atoms with E-state index in [0.29, 0.717) is 55.3 Å². The summed E-state index contributed by atoms with van der Waals surface area (Å²) in [7, 11) is 0. The highest BCUT2D eigenvalue weighted by atomic mass is 32.1. The maximum atomic E-state index is 14.0. The van der Waals surface area contributed by atoms with E-state index in [1.165, 1.54) is 11.3 Å². The predicted molar refractivity (Wildman–Crippen MR) is 108 cm³/mol. The van der Waals surface area contributed by atoms with Crippen molar-refractivity contribution in [2.45, 2.75) is 76.3 Å². The van der Waals surface area contributed by atoms with Crippen LogP contribution in [-0.4, -0.2) is 33.2 Å². The molecule has 2 heterocycles. The third-order valence-corrected chi connectivity index (χ3v) is 7.51. The van der Waals surface area contributed by atoms with Crippen LogP contribution in [-0.2, 0) is 28.9 Å². The Bertz CT molecular complexity index is 1050. The first kappa shape index (κ1) is 19.6. The highest BCUT2D eigenvalue weighted by Gasteiger charge is 2.33. The topological polar surface area (TPSA) is 93.3 Å². The van der Waals surface area contributed by atoms with Crippen molar-refractivity contribution in [3.63, 3.8) is 0 Å². The van der Waals surface area contributed by atoms with E-state index in [1.54, 1.807) is 0 Å². The molecule has 1 fully saturated rings. The van der Waals surface area contributed by atoms with Crippen molar-refractivity contribution in [1.82, 2.24) is 10.1 Å². The maximum Gasteiger partial charge on any atom is 0.331 e. The minimum Gasteiger partial charge on any atom is -0.478 e. The van der Waals surface area contributed by atoms with E-state index in [1.807, 2.05) is 0 Å². The lowest BCUT2D eigenvalue weighted by molar-refractivity contribution is -0.133. The molecule has 1 atom stereocenters. The summed E-state index contributed by atoms with van der Waals surface area (Å²) in [4.78, 5) is 31.0. The normalized spacial score (nSPS) is 21.6. The van der Waals surface area contributed by atoms with Crippen LogP contribution in [0.4, 0.5) is 4.39 Å². The Morgan fingerprint density at radius 3 is 2.63 bits per heavy atom. The zero-order valence-electron chi connectivity index (χ0n) is 16.6. The van der Waals surface area contributed by atoms with Gasteiger partial charge in [0.15, 0.2) is 11.6 Å². The Kier molecular flexibility index (Phi) is 5.05. The standard InChI is InChI=1S/C22H23FN2O4S/c23-12-7-8-15-17(9-12)30-18(19(15)21-24-20(25-29-21)11-5-6-11)10-16(26)13-3-1-2-4-14(13)22(27)28/h11-12H,1-10H2,(H,27,28). The van der Waals surface area contributed by atoms with Gasteiger partial charge in [0.05, 0.1) is 5.56 Å². The summed E-state index contributed by atoms with van der Waals surface area (Å²) in [6, 6.07) is 0. The lowest BCUT2D eigenvalue weighted by Gasteiger charge is -2.16. The number of hydrogen-bond acceptors (Lipinski definition) is 6. The molecule has 0 saturated heterocycles. The van der Waals surface area contributed by atoms with Gasteiger partial charge in [0.2, 0.25) is 0 Å². The van der Waals surface area contributed by atoms with Crippen molar-refractivity contribution in [2.75, 3.05) is 0 Å². The number of aromatic nitrogens is 2. The molecule has 1 saturated carbocycles. The van der Waals surface area contributed by atoms with Crippen LogP contribution in [0.1, 0.15) is 72.0 Å². The van der Waals surface area contributed by atoms with E-state index < -0.39 is 12.1 Å². The van der Waals surface area contributed by atoms with E-state index in [4.69, 9.17) is 4.52 Å². The van der Waals surface area contributed by atoms with Gasteiger partial charge in [-0.05, 0) is 56.9 Å². The zero-order valence-corrected chi connectivity index (χ0v) is 17.4. The number of rotatable bonds is 6. The van der Waals surface area contributed by atoms with Crippen molar-refractivity contribution >= 4 is 23.1 Å². The molecule has 0 spiro atoms. The number of halogens is 1. The van der Waals surface area contributed by atoms with Gasteiger partial charge in [-0.25, -0.2) is 9.18 Å². The van der Waals surface area contributed by atoms with E-state index in [0.717, 1.165) is 46.6 Å². The molecular formula is C22H23FN2O4S. The summed E-state index contributed by atoms with van der Waals surface area (Å²) in [5.41, 5.74) is 2.46. The number of hydrogen-bond donors (Lipinski definition) is 1. The third kappa shape index (κ3) is 3.62. The molecular weight excluding hydrogens is 407 g/mol. The summed E-state index contributed by atoms with van der Waals surface area (Å²) in [6.07, 6.45) is 5.25. The average Bonchev–Trinajstić information content (AvgIpc) is 3.36. The van der Waals surface area contributed by atoms with Crippen LogP contribution in [0.25, 0.3) is 11.5 Å². The van der Waals surface area contributed by atoms with Gasteiger partial charge in [-0.3, -0.25) is 4.79 Å². The number of aliphatic carboxylic acids is 1. The summed E-state index contributed by atoms with van der Waals surface area (Å²) in [5.74, 6) is 0.290. The molecule has 3 aliphatic rings. The molecule has 158 valence electrons. The molecule has 5 rings (SSSR count). The number of ketones is 1. The average molecular weight is 431 g/mol. The summed E-state index contributed by atoms with van der Waals surface area (Å²) < 4.78 is 19.6. The van der Waals surface area contributed by atoms with Crippen LogP contribution in [0.15, 0.2) is 15.7 Å². The van der Waals surface area contributed by atoms with E-state index >= 15 is 0 Å². The molecule has 3 aliphatic carbocycles. The van der Waals surface area contributed by atoms with Crippen molar-refractivity contribution in [3.05, 3.63) is 32.3 Å². The van der Waals surface area contributed by atoms with Gasteiger partial charge >= 0.3 is 5.97 Å². The molecule has 0 amide bonds. The Labute approximate surface area is 177 Å². The van der Waals surface area contributed by atoms with E-state index in [-0.39, 0.29) is 17.8 Å². The molecule has 1 unspecified atom stereocenters. The van der Waals surface area contributed by atoms with Crippen LogP contribution >= 0.6 is 11.3 Å². The quantitative estimate of drug-likeness (QED) is 0.722. The Morgan fingerprint density at radius 2 is 1.90 bits per heavy atom. The number of alkyl halides is 1. The number of thiophene rings is 1. The van der Waals surface area contributed by atoms with Crippen molar-refractivity contribution in [3.8, 4) is 11.5 Å². The van der Waals surface area contributed by atoms with Gasteiger partial charge < -0.3 is 9.63 Å². The van der Waals surface area contributed by atoms with Crippen molar-refractivity contribution < 1.29 is 23.6 Å². The van der Waals surface area contributed by atoms with Gasteiger partial charge in [0, 0.05) is 39.7 Å². The number of carbonyl (C=O) groups is 2. The summed E-state index contributed by atoms with van der Waals surface area (Å²) in [5, 5.41) is 13.6. The molecule has 30 heavy (non-hydrogen) atoms. The second kappa shape index (κ2) is 7.72. The van der Waals surface area contributed by atoms with Gasteiger partial charge in [-0.1, -0.05) is 5.16 Å². The molecule has 2 aromatic heterocycles. The lowest BCUT2D eigenvalue weighted by Crippen LogP contribution is -2.17. The first-order valence-corrected chi connectivity index (χ1v) is 11.4. The fourth-order valence-corrected chi connectivity index (χ4v) is 5.93. The van der Waals surface area contributed by atoms with Gasteiger partial charge in [-0.15, -0.1) is 11.3 Å². The van der Waals surface area contributed by atoms with Gasteiger partial charge in [-0.2, -0.15) is 4.98 Å². The molecule has 0 bridgehead atoms. The second-order valence-corrected chi connectivity index (χ2v) is 9.63. The number of fused-ring (bicyclic) bond motifs is 1. The largest absolute Gasteiger partial charge is 0.478 e. The molecule has 2 aromatic rings. The fraction of sp³-hybridized carbons (Fsp3) is 0.545. The highest BCUT2D eigenvalue weighted by Crippen LogP contribution is 2.44. The van der Waals surface area contributed by atoms with Crippen LogP contribution in [0.5, 0.6) is 0 Å². The number of allylic oxidation sites excluding steroid dienone is 1. The smallest absolute Gasteiger partial charge is 0.331 e. The van der Waals surface area contributed by atoms with Gasteiger partial charge in [0.25, 0.3) is 5.89 Å². The highest BCUT2D eigenvalue weighted by molar-refractivity contribution is 7.12. The van der Waals surface area contributed by atoms with E-state index in [2.05, 4.69) is 10.1 Å². The predicted octanol–water partition coefficient (Wildman–Crippen LogP) is 4.57. The van der Waals surface area contributed by atoms with Gasteiger partial charge in [0.1, 0.15) is 6.17 Å². The molecule has 8 heteroatoms. The number of carbonyl (C=O) groups excluding carboxylic acids is 1. The molecule has 0 radical (unpaired) electrons. The molecule has 0 aromatic carbocycles. The number of nitrogens with zero attached hydrogens (tertiary/aromatic N) is 2. The maximum absolute atomic E-state index is 14.0. The Balaban J connectivity index is 1.52. The van der Waals surface area contributed by atoms with Crippen LogP contribution < -0.4 is 0 Å². The monoisotopic (exact) mass is 430 g/mol. The SMILES string of the molecule is O=C(O)C1=C(C(=O)Cc2sc3c(c2-c2nc(C4CC4)no2)CCC(F)C3)CCCC1. The van der Waals surface area contributed by atoms with E-state index in [9.17, 15) is 19.1 Å². The minimum absolute atomic E-state index is 0.0945. The first-order chi connectivity index (χ1) is 14.5. The number of carboxylic acid groups (broad SMARTS) is 1.